The van der Waals surface area contributed by atoms with Crippen LogP contribution in [0, 0.1) is 0 Å². The summed E-state index contributed by atoms with van der Waals surface area (Å²) in [6, 6.07) is 4.72. The molecule has 0 spiro atoms. The van der Waals surface area contributed by atoms with Gasteiger partial charge in [0, 0.05) is 11.8 Å². The number of hydrogen-bond acceptors (Lipinski definition) is 4. The predicted molar refractivity (Wildman–Crippen MR) is 80.5 cm³/mol. The first-order valence-corrected chi connectivity index (χ1v) is 6.56. The summed E-state index contributed by atoms with van der Waals surface area (Å²) in [4.78, 5) is 15.5. The van der Waals surface area contributed by atoms with Crippen LogP contribution in [0.3, 0.4) is 0 Å². The Labute approximate surface area is 130 Å². The number of benzene rings is 1. The Balaban J connectivity index is 2.55. The minimum Gasteiger partial charge on any atom is -0.465 e. The smallest absolute Gasteiger partial charge is 0.339 e. The molecule has 0 radical (unpaired) electrons. The molecule has 0 aliphatic carbocycles. The van der Waals surface area contributed by atoms with Gasteiger partial charge in [-0.3, -0.25) is 4.98 Å². The Bertz CT molecular complexity index is 690. The molecule has 0 aliphatic rings. The van der Waals surface area contributed by atoms with E-state index in [0.29, 0.717) is 16.3 Å². The fourth-order valence-electron chi connectivity index (χ4n) is 1.65. The summed E-state index contributed by atoms with van der Waals surface area (Å²) in [5.41, 5.74) is 7.39. The molecule has 0 aliphatic heterocycles. The molecule has 2 aromatic rings. The summed E-state index contributed by atoms with van der Waals surface area (Å²) in [6.45, 7) is 0. The zero-order valence-corrected chi connectivity index (χ0v) is 12.6. The minimum absolute atomic E-state index is 0.226. The summed E-state index contributed by atoms with van der Waals surface area (Å²) in [5, 5.41) is 0.818. The van der Waals surface area contributed by atoms with E-state index in [-0.39, 0.29) is 21.3 Å². The van der Waals surface area contributed by atoms with Crippen molar-refractivity contribution < 1.29 is 9.53 Å². The molecular weight excluding hydrogens is 323 g/mol. The lowest BCUT2D eigenvalue weighted by molar-refractivity contribution is 0.0600. The number of carbonyl (C=O) groups is 1. The molecule has 2 rings (SSSR count). The quantitative estimate of drug-likeness (QED) is 0.665. The molecule has 0 saturated heterocycles. The fourth-order valence-corrected chi connectivity index (χ4v) is 2.27. The van der Waals surface area contributed by atoms with Crippen molar-refractivity contribution in [2.45, 2.75) is 0 Å². The monoisotopic (exact) mass is 330 g/mol. The van der Waals surface area contributed by atoms with Gasteiger partial charge in [-0.25, -0.2) is 4.79 Å². The van der Waals surface area contributed by atoms with Gasteiger partial charge in [0.1, 0.15) is 0 Å². The lowest BCUT2D eigenvalue weighted by atomic mass is 10.1. The average Bonchev–Trinajstić information content (AvgIpc) is 2.45. The van der Waals surface area contributed by atoms with Crippen molar-refractivity contribution in [1.29, 1.82) is 0 Å². The molecule has 1 heterocycles. The van der Waals surface area contributed by atoms with Gasteiger partial charge in [0.25, 0.3) is 0 Å². The number of pyridine rings is 1. The maximum absolute atomic E-state index is 11.4. The summed E-state index contributed by atoms with van der Waals surface area (Å²) in [5.74, 6) is -0.518. The van der Waals surface area contributed by atoms with Crippen molar-refractivity contribution in [2.75, 3.05) is 12.8 Å². The van der Waals surface area contributed by atoms with Crippen molar-refractivity contribution in [3.05, 3.63) is 45.0 Å². The normalized spacial score (nSPS) is 10.4. The zero-order valence-electron chi connectivity index (χ0n) is 10.3. The number of ether oxygens (including phenoxy) is 1. The first-order chi connectivity index (χ1) is 9.45. The van der Waals surface area contributed by atoms with Gasteiger partial charge in [0.05, 0.1) is 39.1 Å². The topological polar surface area (TPSA) is 65.2 Å². The predicted octanol–water partition coefficient (Wildman–Crippen LogP) is 4.08. The number of hydrogen-bond donors (Lipinski definition) is 1. The Hall–Kier alpha value is -1.49. The third-order valence-corrected chi connectivity index (χ3v) is 3.92. The minimum atomic E-state index is -0.518. The molecule has 0 bridgehead atoms. The first-order valence-electron chi connectivity index (χ1n) is 5.43. The Morgan fingerprint density at radius 1 is 1.25 bits per heavy atom. The average molecular weight is 332 g/mol. The van der Waals surface area contributed by atoms with Gasteiger partial charge >= 0.3 is 5.97 Å². The van der Waals surface area contributed by atoms with Crippen LogP contribution in [-0.2, 0) is 4.74 Å². The largest absolute Gasteiger partial charge is 0.465 e. The number of halogens is 3. The van der Waals surface area contributed by atoms with E-state index in [9.17, 15) is 4.79 Å². The molecule has 1 aromatic heterocycles. The SMILES string of the molecule is COC(=O)c1cnc(-c2ccc(Cl)c(Cl)c2Cl)c(N)c1. The van der Waals surface area contributed by atoms with Crippen molar-refractivity contribution >= 4 is 46.5 Å². The van der Waals surface area contributed by atoms with Gasteiger partial charge < -0.3 is 10.5 Å². The molecule has 1 aromatic carbocycles. The van der Waals surface area contributed by atoms with Gasteiger partial charge in [-0.2, -0.15) is 0 Å². The summed E-state index contributed by atoms with van der Waals surface area (Å²) < 4.78 is 4.60. The Morgan fingerprint density at radius 2 is 1.95 bits per heavy atom. The lowest BCUT2D eigenvalue weighted by Crippen LogP contribution is -2.04. The molecular formula is C13H9Cl3N2O2. The number of rotatable bonds is 2. The second-order valence-electron chi connectivity index (χ2n) is 3.88. The van der Waals surface area contributed by atoms with Crippen LogP contribution in [-0.4, -0.2) is 18.1 Å². The molecule has 7 heteroatoms. The van der Waals surface area contributed by atoms with Crippen LogP contribution >= 0.6 is 34.8 Å². The van der Waals surface area contributed by atoms with Crippen molar-refractivity contribution in [1.82, 2.24) is 4.98 Å². The van der Waals surface area contributed by atoms with E-state index < -0.39 is 5.97 Å². The van der Waals surface area contributed by atoms with E-state index >= 15 is 0 Å². The molecule has 0 fully saturated rings. The number of anilines is 1. The van der Waals surface area contributed by atoms with Gasteiger partial charge in [0.2, 0.25) is 0 Å². The fraction of sp³-hybridized carbons (Fsp3) is 0.0769. The van der Waals surface area contributed by atoms with E-state index in [4.69, 9.17) is 40.5 Å². The second-order valence-corrected chi connectivity index (χ2v) is 5.04. The highest BCUT2D eigenvalue weighted by molar-refractivity contribution is 6.49. The van der Waals surface area contributed by atoms with Gasteiger partial charge in [-0.05, 0) is 18.2 Å². The van der Waals surface area contributed by atoms with Gasteiger partial charge in [0.15, 0.2) is 0 Å². The van der Waals surface area contributed by atoms with E-state index in [2.05, 4.69) is 9.72 Å². The summed E-state index contributed by atoms with van der Waals surface area (Å²) in [6.07, 6.45) is 1.36. The Morgan fingerprint density at radius 3 is 2.55 bits per heavy atom. The number of esters is 1. The number of nitrogen functional groups attached to an aromatic ring is 1. The number of carbonyl (C=O) groups excluding carboxylic acids is 1. The van der Waals surface area contributed by atoms with Gasteiger partial charge in [-0.15, -0.1) is 0 Å². The third-order valence-electron chi connectivity index (χ3n) is 2.63. The van der Waals surface area contributed by atoms with Crippen LogP contribution in [0.4, 0.5) is 5.69 Å². The maximum Gasteiger partial charge on any atom is 0.339 e. The third kappa shape index (κ3) is 2.68. The van der Waals surface area contributed by atoms with Crippen LogP contribution in [0.25, 0.3) is 11.3 Å². The summed E-state index contributed by atoms with van der Waals surface area (Å²) in [7, 11) is 1.28. The number of aromatic nitrogens is 1. The second kappa shape index (κ2) is 5.87. The molecule has 104 valence electrons. The van der Waals surface area contributed by atoms with Gasteiger partial charge in [-0.1, -0.05) is 34.8 Å². The van der Waals surface area contributed by atoms with E-state index in [1.54, 1.807) is 12.1 Å². The molecule has 0 atom stereocenters. The van der Waals surface area contributed by atoms with Crippen LogP contribution in [0.1, 0.15) is 10.4 Å². The van der Waals surface area contributed by atoms with Crippen molar-refractivity contribution in [2.24, 2.45) is 0 Å². The van der Waals surface area contributed by atoms with Crippen LogP contribution in [0.15, 0.2) is 24.4 Å². The number of methoxy groups -OCH3 is 1. The van der Waals surface area contributed by atoms with Crippen molar-refractivity contribution in [3.63, 3.8) is 0 Å². The highest BCUT2D eigenvalue weighted by Crippen LogP contribution is 2.39. The highest BCUT2D eigenvalue weighted by Gasteiger charge is 2.15. The maximum atomic E-state index is 11.4. The molecule has 0 amide bonds. The first kappa shape index (κ1) is 14.9. The molecule has 2 N–H and O–H groups in total. The van der Waals surface area contributed by atoms with Crippen LogP contribution < -0.4 is 5.73 Å². The lowest BCUT2D eigenvalue weighted by Gasteiger charge is -2.10. The Kier molecular flexibility index (Phi) is 4.38. The van der Waals surface area contributed by atoms with E-state index in [1.807, 2.05) is 0 Å². The zero-order chi connectivity index (χ0) is 14.9. The molecule has 0 saturated carbocycles. The van der Waals surface area contributed by atoms with Crippen LogP contribution in [0.5, 0.6) is 0 Å². The molecule has 20 heavy (non-hydrogen) atoms. The number of nitrogens with two attached hydrogens (primary N) is 1. The molecule has 0 unspecified atom stereocenters. The highest BCUT2D eigenvalue weighted by atomic mass is 35.5. The molecule has 4 nitrogen and oxygen atoms in total. The summed E-state index contributed by atoms with van der Waals surface area (Å²) >= 11 is 18.0. The van der Waals surface area contributed by atoms with E-state index in [0.717, 1.165) is 0 Å². The van der Waals surface area contributed by atoms with Crippen LogP contribution in [0.2, 0.25) is 15.1 Å². The standard InChI is InChI=1S/C13H9Cl3N2O2/c1-20-13(19)6-4-9(17)12(18-5-6)7-2-3-8(14)11(16)10(7)15/h2-5H,17H2,1H3. The van der Waals surface area contributed by atoms with Crippen molar-refractivity contribution in [3.8, 4) is 11.3 Å². The number of nitrogens with zero attached hydrogens (tertiary/aromatic N) is 1. The van der Waals surface area contributed by atoms with E-state index in [1.165, 1.54) is 19.4 Å².